The monoisotopic (exact) mass is 308 g/mol. The van der Waals surface area contributed by atoms with Crippen LogP contribution in [0.15, 0.2) is 4.52 Å². The molecular formula is C15H20N2O5. The summed E-state index contributed by atoms with van der Waals surface area (Å²) in [5.74, 6) is -0.451. The van der Waals surface area contributed by atoms with Crippen LogP contribution in [0.4, 0.5) is 0 Å². The molecule has 1 aliphatic carbocycles. The first-order valence-electron chi connectivity index (χ1n) is 7.69. The molecule has 0 atom stereocenters. The van der Waals surface area contributed by atoms with Crippen LogP contribution in [0.25, 0.3) is 0 Å². The van der Waals surface area contributed by atoms with Gasteiger partial charge in [-0.3, -0.25) is 9.59 Å². The van der Waals surface area contributed by atoms with Gasteiger partial charge in [-0.1, -0.05) is 5.16 Å². The number of fused-ring (bicyclic) bond motifs is 1. The highest BCUT2D eigenvalue weighted by Gasteiger charge is 2.40. The smallest absolute Gasteiger partial charge is 0.311 e. The van der Waals surface area contributed by atoms with Crippen molar-refractivity contribution < 1.29 is 24.0 Å². The molecule has 1 aliphatic heterocycles. The van der Waals surface area contributed by atoms with Gasteiger partial charge in [0.2, 0.25) is 0 Å². The predicted molar refractivity (Wildman–Crippen MR) is 75.6 cm³/mol. The first-order valence-corrected chi connectivity index (χ1v) is 7.69. The van der Waals surface area contributed by atoms with E-state index in [-0.39, 0.29) is 12.5 Å². The summed E-state index contributed by atoms with van der Waals surface area (Å²) in [6, 6.07) is 0. The van der Waals surface area contributed by atoms with E-state index in [1.165, 1.54) is 0 Å². The van der Waals surface area contributed by atoms with E-state index in [4.69, 9.17) is 9.26 Å². The highest BCUT2D eigenvalue weighted by Crippen LogP contribution is 2.30. The minimum absolute atomic E-state index is 0.0894. The van der Waals surface area contributed by atoms with Gasteiger partial charge in [0.05, 0.1) is 5.41 Å². The van der Waals surface area contributed by atoms with Crippen LogP contribution in [0, 0.1) is 5.41 Å². The number of carbonyl (C=O) groups is 2. The molecule has 1 fully saturated rings. The zero-order valence-electron chi connectivity index (χ0n) is 12.4. The van der Waals surface area contributed by atoms with Crippen molar-refractivity contribution in [1.29, 1.82) is 0 Å². The number of carbonyl (C=O) groups excluding carboxylic acids is 1. The number of hydrogen-bond donors (Lipinski definition) is 2. The van der Waals surface area contributed by atoms with Crippen molar-refractivity contribution in [1.82, 2.24) is 10.5 Å². The van der Waals surface area contributed by atoms with E-state index < -0.39 is 11.4 Å². The van der Waals surface area contributed by atoms with E-state index in [1.807, 2.05) is 0 Å². The predicted octanol–water partition coefficient (Wildman–Crippen LogP) is 1.16. The zero-order chi connectivity index (χ0) is 15.6. The highest BCUT2D eigenvalue weighted by atomic mass is 16.5. The van der Waals surface area contributed by atoms with E-state index in [0.29, 0.717) is 31.7 Å². The van der Waals surface area contributed by atoms with Crippen molar-refractivity contribution in [2.75, 3.05) is 19.8 Å². The Kier molecular flexibility index (Phi) is 4.15. The number of hydrogen-bond acceptors (Lipinski definition) is 5. The Morgan fingerprint density at radius 1 is 1.23 bits per heavy atom. The van der Waals surface area contributed by atoms with Crippen LogP contribution in [-0.4, -0.2) is 41.9 Å². The Morgan fingerprint density at radius 2 is 1.95 bits per heavy atom. The third-order valence-corrected chi connectivity index (χ3v) is 4.66. The maximum atomic E-state index is 12.3. The summed E-state index contributed by atoms with van der Waals surface area (Å²) in [5, 5.41) is 16.1. The van der Waals surface area contributed by atoms with Crippen molar-refractivity contribution in [3.8, 4) is 0 Å². The number of nitrogens with one attached hydrogen (secondary N) is 1. The number of aromatic nitrogens is 1. The Hall–Kier alpha value is -1.89. The van der Waals surface area contributed by atoms with Gasteiger partial charge in [0.15, 0.2) is 5.69 Å². The van der Waals surface area contributed by atoms with E-state index >= 15 is 0 Å². The van der Waals surface area contributed by atoms with Crippen LogP contribution in [0.1, 0.15) is 47.5 Å². The molecule has 0 bridgehead atoms. The molecule has 0 spiro atoms. The maximum absolute atomic E-state index is 12.3. The van der Waals surface area contributed by atoms with E-state index in [0.717, 1.165) is 37.0 Å². The molecule has 120 valence electrons. The summed E-state index contributed by atoms with van der Waals surface area (Å²) >= 11 is 0. The standard InChI is InChI=1S/C15H20N2O5/c18-13(12-10-3-1-2-4-11(10)22-17-12)16-9-15(14(19)20)5-7-21-8-6-15/h1-9H2,(H,16,18)(H,19,20). The van der Waals surface area contributed by atoms with E-state index in [9.17, 15) is 14.7 Å². The first-order chi connectivity index (χ1) is 10.6. The lowest BCUT2D eigenvalue weighted by Crippen LogP contribution is -2.46. The van der Waals surface area contributed by atoms with Gasteiger partial charge in [0.25, 0.3) is 5.91 Å². The lowest BCUT2D eigenvalue weighted by atomic mass is 9.80. The molecule has 1 aromatic rings. The topological polar surface area (TPSA) is 102 Å². The zero-order valence-corrected chi connectivity index (χ0v) is 12.4. The average Bonchev–Trinajstić information content (AvgIpc) is 2.97. The maximum Gasteiger partial charge on any atom is 0.311 e. The van der Waals surface area contributed by atoms with E-state index in [1.54, 1.807) is 0 Å². The number of amides is 1. The van der Waals surface area contributed by atoms with Crippen molar-refractivity contribution in [2.45, 2.75) is 38.5 Å². The van der Waals surface area contributed by atoms with Crippen molar-refractivity contribution >= 4 is 11.9 Å². The number of nitrogens with zero attached hydrogens (tertiary/aromatic N) is 1. The number of rotatable bonds is 4. The molecule has 1 aromatic heterocycles. The Labute approximate surface area is 128 Å². The lowest BCUT2D eigenvalue weighted by Gasteiger charge is -2.33. The molecule has 7 heteroatoms. The van der Waals surface area contributed by atoms with Gasteiger partial charge >= 0.3 is 5.97 Å². The van der Waals surface area contributed by atoms with Gasteiger partial charge in [-0.2, -0.15) is 0 Å². The van der Waals surface area contributed by atoms with Crippen LogP contribution in [-0.2, 0) is 22.4 Å². The number of carboxylic acids is 1. The molecule has 0 aromatic carbocycles. The molecule has 2 N–H and O–H groups in total. The number of aryl methyl sites for hydroxylation is 1. The van der Waals surface area contributed by atoms with Crippen LogP contribution in [0.2, 0.25) is 0 Å². The molecule has 0 unspecified atom stereocenters. The summed E-state index contributed by atoms with van der Waals surface area (Å²) in [6.07, 6.45) is 4.47. The second kappa shape index (κ2) is 6.08. The molecule has 7 nitrogen and oxygen atoms in total. The van der Waals surface area contributed by atoms with Crippen LogP contribution >= 0.6 is 0 Å². The summed E-state index contributed by atoms with van der Waals surface area (Å²) in [5.41, 5.74) is 0.236. The Balaban J connectivity index is 1.69. The van der Waals surface area contributed by atoms with Gasteiger partial charge in [-0.15, -0.1) is 0 Å². The van der Waals surface area contributed by atoms with Crippen molar-refractivity contribution in [3.63, 3.8) is 0 Å². The number of carboxylic acid groups (broad SMARTS) is 1. The van der Waals surface area contributed by atoms with Crippen LogP contribution in [0.3, 0.4) is 0 Å². The van der Waals surface area contributed by atoms with Crippen LogP contribution < -0.4 is 5.32 Å². The molecular weight excluding hydrogens is 288 g/mol. The molecule has 1 amide bonds. The molecule has 3 rings (SSSR count). The molecule has 22 heavy (non-hydrogen) atoms. The minimum atomic E-state index is -0.947. The van der Waals surface area contributed by atoms with Gasteiger partial charge in [0.1, 0.15) is 5.76 Å². The quantitative estimate of drug-likeness (QED) is 0.865. The normalized spacial score (nSPS) is 20.2. The Morgan fingerprint density at radius 3 is 2.68 bits per heavy atom. The van der Waals surface area contributed by atoms with Crippen LogP contribution in [0.5, 0.6) is 0 Å². The lowest BCUT2D eigenvalue weighted by molar-refractivity contribution is -0.154. The fourth-order valence-corrected chi connectivity index (χ4v) is 3.12. The third kappa shape index (κ3) is 2.72. The summed E-state index contributed by atoms with van der Waals surface area (Å²) in [4.78, 5) is 23.9. The fourth-order valence-electron chi connectivity index (χ4n) is 3.12. The third-order valence-electron chi connectivity index (χ3n) is 4.66. The second-order valence-electron chi connectivity index (χ2n) is 6.02. The van der Waals surface area contributed by atoms with Gasteiger partial charge < -0.3 is 19.7 Å². The molecule has 0 saturated carbocycles. The highest BCUT2D eigenvalue weighted by molar-refractivity contribution is 5.94. The second-order valence-corrected chi connectivity index (χ2v) is 6.02. The summed E-state index contributed by atoms with van der Waals surface area (Å²) in [7, 11) is 0. The molecule has 2 aliphatic rings. The number of ether oxygens (including phenoxy) is 1. The SMILES string of the molecule is O=C(NCC1(C(=O)O)CCOCC1)c1noc2c1CCCC2. The molecule has 2 heterocycles. The van der Waals surface area contributed by atoms with Crippen molar-refractivity contribution in [3.05, 3.63) is 17.0 Å². The fraction of sp³-hybridized carbons (Fsp3) is 0.667. The van der Waals surface area contributed by atoms with Gasteiger partial charge in [-0.05, 0) is 32.1 Å². The minimum Gasteiger partial charge on any atom is -0.481 e. The largest absolute Gasteiger partial charge is 0.481 e. The van der Waals surface area contributed by atoms with Gasteiger partial charge in [0, 0.05) is 31.7 Å². The summed E-state index contributed by atoms with van der Waals surface area (Å²) in [6.45, 7) is 0.898. The first kappa shape index (κ1) is 15.0. The number of aliphatic carboxylic acids is 1. The molecule has 1 saturated heterocycles. The molecule has 0 radical (unpaired) electrons. The van der Waals surface area contributed by atoms with Crippen molar-refractivity contribution in [2.24, 2.45) is 5.41 Å². The Bertz CT molecular complexity index is 574. The van der Waals surface area contributed by atoms with Gasteiger partial charge in [-0.25, -0.2) is 0 Å². The average molecular weight is 308 g/mol. The van der Waals surface area contributed by atoms with E-state index in [2.05, 4.69) is 10.5 Å². The summed E-state index contributed by atoms with van der Waals surface area (Å²) < 4.78 is 10.5.